The van der Waals surface area contributed by atoms with E-state index in [4.69, 9.17) is 21.1 Å². The van der Waals surface area contributed by atoms with Gasteiger partial charge in [0.15, 0.2) is 0 Å². The number of thiol groups is 1. The molecule has 0 aliphatic rings. The molecule has 1 aromatic heterocycles. The van der Waals surface area contributed by atoms with E-state index in [1.54, 1.807) is 0 Å². The molecule has 0 saturated heterocycles. The van der Waals surface area contributed by atoms with Crippen molar-refractivity contribution in [1.82, 2.24) is 25.9 Å². The van der Waals surface area contributed by atoms with Crippen molar-refractivity contribution in [3.05, 3.63) is 18.2 Å². The molecule has 14 nitrogen and oxygen atoms in total. The molecule has 172 valence electrons. The molecule has 3 amide bonds. The molecule has 4 unspecified atom stereocenters. The van der Waals surface area contributed by atoms with Gasteiger partial charge in [0.2, 0.25) is 17.7 Å². The van der Waals surface area contributed by atoms with Gasteiger partial charge >= 0.3 is 11.9 Å². The summed E-state index contributed by atoms with van der Waals surface area (Å²) >= 11 is 3.91. The number of imidazole rings is 1. The second-order valence-corrected chi connectivity index (χ2v) is 6.74. The molecular weight excluding hydrogens is 436 g/mol. The standard InChI is InChI=1S/C16H24N6O8S/c17-8(5-31)13(26)20-9(1-7-3-18-6-19-7)14(27)21-10(2-12(24)25)15(28)22-11(4-23)16(29)30/h3,6,8-11,23,31H,1-2,4-5,17H2,(H,18,19)(H,20,26)(H,21,27)(H,22,28)(H,24,25)(H,29,30). The van der Waals surface area contributed by atoms with Gasteiger partial charge in [-0.2, -0.15) is 12.6 Å². The molecule has 1 aromatic rings. The van der Waals surface area contributed by atoms with Crippen LogP contribution in [-0.2, 0) is 30.4 Å². The minimum atomic E-state index is -1.70. The first kappa shape index (κ1) is 25.9. The summed E-state index contributed by atoms with van der Waals surface area (Å²) in [6.07, 6.45) is 1.77. The van der Waals surface area contributed by atoms with Gasteiger partial charge in [0.25, 0.3) is 0 Å². The molecular formula is C16H24N6O8S. The van der Waals surface area contributed by atoms with Crippen LogP contribution in [0.3, 0.4) is 0 Å². The lowest BCUT2D eigenvalue weighted by Crippen LogP contribution is -2.58. The molecule has 0 fully saturated rings. The number of carbonyl (C=O) groups excluding carboxylic acids is 3. The topological polar surface area (TPSA) is 237 Å². The minimum absolute atomic E-state index is 0.00792. The van der Waals surface area contributed by atoms with Crippen LogP contribution in [0.5, 0.6) is 0 Å². The number of amides is 3. The van der Waals surface area contributed by atoms with Gasteiger partial charge in [-0.15, -0.1) is 0 Å². The zero-order valence-corrected chi connectivity index (χ0v) is 17.0. The molecule has 15 heteroatoms. The molecule has 31 heavy (non-hydrogen) atoms. The Kier molecular flexibility index (Phi) is 10.4. The lowest BCUT2D eigenvalue weighted by atomic mass is 10.1. The fraction of sp³-hybridized carbons (Fsp3) is 0.500. The van der Waals surface area contributed by atoms with Gasteiger partial charge < -0.3 is 42.0 Å². The summed E-state index contributed by atoms with van der Waals surface area (Å²) in [6.45, 7) is -0.949. The van der Waals surface area contributed by atoms with Crippen LogP contribution in [-0.4, -0.2) is 91.5 Å². The van der Waals surface area contributed by atoms with E-state index in [0.717, 1.165) is 0 Å². The first-order valence-electron chi connectivity index (χ1n) is 8.89. The number of nitrogens with one attached hydrogen (secondary N) is 4. The number of aliphatic carboxylic acids is 2. The average molecular weight is 460 g/mol. The van der Waals surface area contributed by atoms with Crippen molar-refractivity contribution in [2.75, 3.05) is 12.4 Å². The zero-order chi connectivity index (χ0) is 23.6. The van der Waals surface area contributed by atoms with E-state index in [0.29, 0.717) is 5.69 Å². The molecule has 0 saturated carbocycles. The van der Waals surface area contributed by atoms with Gasteiger partial charge in [0, 0.05) is 24.1 Å². The van der Waals surface area contributed by atoms with Crippen molar-refractivity contribution in [3.8, 4) is 0 Å². The molecule has 0 aliphatic heterocycles. The maximum Gasteiger partial charge on any atom is 0.328 e. The lowest BCUT2D eigenvalue weighted by Gasteiger charge is -2.24. The van der Waals surface area contributed by atoms with Crippen LogP contribution in [0.1, 0.15) is 12.1 Å². The number of aromatic nitrogens is 2. The van der Waals surface area contributed by atoms with Gasteiger partial charge in [-0.25, -0.2) is 9.78 Å². The number of aliphatic hydroxyl groups is 1. The van der Waals surface area contributed by atoms with Crippen molar-refractivity contribution in [2.24, 2.45) is 5.73 Å². The Bertz CT molecular complexity index is 789. The summed E-state index contributed by atoms with van der Waals surface area (Å²) in [6, 6.07) is -5.68. The molecule has 9 N–H and O–H groups in total. The predicted octanol–water partition coefficient (Wildman–Crippen LogP) is -3.78. The highest BCUT2D eigenvalue weighted by atomic mass is 32.1. The molecule has 0 bridgehead atoms. The minimum Gasteiger partial charge on any atom is -0.481 e. The van der Waals surface area contributed by atoms with Gasteiger partial charge in [-0.1, -0.05) is 0 Å². The number of aromatic amines is 1. The third-order valence-corrected chi connectivity index (χ3v) is 4.35. The molecule has 1 rings (SSSR count). The van der Waals surface area contributed by atoms with E-state index < -0.39 is 66.9 Å². The summed E-state index contributed by atoms with van der Waals surface area (Å²) < 4.78 is 0. The fourth-order valence-electron chi connectivity index (χ4n) is 2.30. The first-order chi connectivity index (χ1) is 14.6. The Morgan fingerprint density at radius 3 is 2.10 bits per heavy atom. The Balaban J connectivity index is 3.01. The Labute approximate surface area is 181 Å². The number of carboxylic acids is 2. The van der Waals surface area contributed by atoms with Crippen LogP contribution in [0.15, 0.2) is 12.5 Å². The SMILES string of the molecule is NC(CS)C(=O)NC(Cc1cnc[nH]1)C(=O)NC(CC(=O)O)C(=O)NC(CO)C(=O)O. The third-order valence-electron chi connectivity index (χ3n) is 3.95. The summed E-state index contributed by atoms with van der Waals surface area (Å²) in [5.74, 6) is -5.79. The normalized spacial score (nSPS) is 14.5. The van der Waals surface area contributed by atoms with Gasteiger partial charge in [0.1, 0.15) is 18.1 Å². The van der Waals surface area contributed by atoms with Crippen LogP contribution in [0.4, 0.5) is 0 Å². The van der Waals surface area contributed by atoms with Crippen molar-refractivity contribution in [3.63, 3.8) is 0 Å². The molecule has 0 spiro atoms. The molecule has 0 aliphatic carbocycles. The molecule has 0 aromatic carbocycles. The number of aliphatic hydroxyl groups excluding tert-OH is 1. The number of carboxylic acid groups (broad SMARTS) is 2. The number of nitrogens with zero attached hydrogens (tertiary/aromatic N) is 1. The number of H-pyrrole nitrogens is 1. The Morgan fingerprint density at radius 2 is 1.61 bits per heavy atom. The van der Waals surface area contributed by atoms with E-state index in [9.17, 15) is 24.0 Å². The fourth-order valence-corrected chi connectivity index (χ4v) is 2.47. The van der Waals surface area contributed by atoms with Crippen molar-refractivity contribution >= 4 is 42.3 Å². The smallest absolute Gasteiger partial charge is 0.328 e. The zero-order valence-electron chi connectivity index (χ0n) is 16.1. The third kappa shape index (κ3) is 8.61. The summed E-state index contributed by atoms with van der Waals surface area (Å²) in [5, 5.41) is 33.5. The summed E-state index contributed by atoms with van der Waals surface area (Å²) in [7, 11) is 0. The van der Waals surface area contributed by atoms with E-state index in [-0.39, 0.29) is 12.2 Å². The van der Waals surface area contributed by atoms with Crippen molar-refractivity contribution in [1.29, 1.82) is 0 Å². The molecule has 4 atom stereocenters. The molecule has 0 radical (unpaired) electrons. The predicted molar refractivity (Wildman–Crippen MR) is 107 cm³/mol. The maximum absolute atomic E-state index is 12.7. The second-order valence-electron chi connectivity index (χ2n) is 6.37. The second kappa shape index (κ2) is 12.5. The Hall–Kier alpha value is -3.17. The largest absolute Gasteiger partial charge is 0.481 e. The number of hydrogen-bond donors (Lipinski definition) is 9. The molecule has 1 heterocycles. The van der Waals surface area contributed by atoms with Crippen molar-refractivity contribution < 1.29 is 39.3 Å². The average Bonchev–Trinajstić information content (AvgIpc) is 3.22. The van der Waals surface area contributed by atoms with E-state index in [1.807, 2.05) is 5.32 Å². The highest BCUT2D eigenvalue weighted by Crippen LogP contribution is 2.03. The summed E-state index contributed by atoms with van der Waals surface area (Å²) in [4.78, 5) is 65.8. The van der Waals surface area contributed by atoms with Crippen LogP contribution in [0.25, 0.3) is 0 Å². The van der Waals surface area contributed by atoms with Gasteiger partial charge in [0.05, 0.1) is 25.4 Å². The van der Waals surface area contributed by atoms with E-state index in [1.165, 1.54) is 12.5 Å². The quantitative estimate of drug-likeness (QED) is 0.130. The van der Waals surface area contributed by atoms with Crippen LogP contribution >= 0.6 is 12.6 Å². The maximum atomic E-state index is 12.7. The van der Waals surface area contributed by atoms with Crippen LogP contribution < -0.4 is 21.7 Å². The number of carbonyl (C=O) groups is 5. The highest BCUT2D eigenvalue weighted by Gasteiger charge is 2.31. The van der Waals surface area contributed by atoms with E-state index >= 15 is 0 Å². The number of nitrogens with two attached hydrogens (primary N) is 1. The number of rotatable bonds is 13. The first-order valence-corrected chi connectivity index (χ1v) is 9.52. The van der Waals surface area contributed by atoms with Crippen LogP contribution in [0.2, 0.25) is 0 Å². The highest BCUT2D eigenvalue weighted by molar-refractivity contribution is 7.80. The summed E-state index contributed by atoms with van der Waals surface area (Å²) in [5.41, 5.74) is 6.04. The van der Waals surface area contributed by atoms with Crippen molar-refractivity contribution in [2.45, 2.75) is 37.0 Å². The van der Waals surface area contributed by atoms with Crippen LogP contribution in [0, 0.1) is 0 Å². The lowest BCUT2D eigenvalue weighted by molar-refractivity contribution is -0.144. The Morgan fingerprint density at radius 1 is 1.03 bits per heavy atom. The van der Waals surface area contributed by atoms with Gasteiger partial charge in [-0.3, -0.25) is 19.2 Å². The number of hydrogen-bond acceptors (Lipinski definition) is 9. The van der Waals surface area contributed by atoms with E-state index in [2.05, 4.69) is 33.2 Å². The monoisotopic (exact) mass is 460 g/mol. The van der Waals surface area contributed by atoms with Gasteiger partial charge in [-0.05, 0) is 0 Å².